The van der Waals surface area contributed by atoms with Gasteiger partial charge in [0.25, 0.3) is 0 Å². The van der Waals surface area contributed by atoms with E-state index in [2.05, 4.69) is 9.97 Å². The Hall–Kier alpha value is -2.13. The number of alkyl halides is 1. The fourth-order valence-corrected chi connectivity index (χ4v) is 2.04. The van der Waals surface area contributed by atoms with Crippen molar-refractivity contribution in [2.45, 2.75) is 5.88 Å². The predicted octanol–water partition coefficient (Wildman–Crippen LogP) is 4.16. The molecule has 4 heteroatoms. The first-order valence-corrected chi connectivity index (χ1v) is 6.43. The maximum Gasteiger partial charge on any atom is 0.224 e. The Labute approximate surface area is 115 Å². The van der Waals surface area contributed by atoms with E-state index < -0.39 is 0 Å². The lowest BCUT2D eigenvalue weighted by atomic mass is 10.2. The molecule has 3 aromatic rings. The van der Waals surface area contributed by atoms with Crippen LogP contribution in [0.15, 0.2) is 54.9 Å². The number of fused-ring (bicyclic) bond motifs is 1. The van der Waals surface area contributed by atoms with Gasteiger partial charge in [-0.05, 0) is 24.3 Å². The third kappa shape index (κ3) is 2.51. The summed E-state index contributed by atoms with van der Waals surface area (Å²) >= 11 is 5.96. The molecule has 2 aromatic heterocycles. The number of para-hydroxylation sites is 1. The molecule has 0 N–H and O–H groups in total. The van der Waals surface area contributed by atoms with Crippen molar-refractivity contribution in [2.24, 2.45) is 0 Å². The highest BCUT2D eigenvalue weighted by Crippen LogP contribution is 2.27. The van der Waals surface area contributed by atoms with E-state index in [9.17, 15) is 0 Å². The molecule has 0 bridgehead atoms. The van der Waals surface area contributed by atoms with E-state index >= 15 is 0 Å². The lowest BCUT2D eigenvalue weighted by Crippen LogP contribution is -1.94. The fraction of sp³-hybridized carbons (Fsp3) is 0.0667. The predicted molar refractivity (Wildman–Crippen MR) is 75.6 cm³/mol. The van der Waals surface area contributed by atoms with Crippen LogP contribution in [0.25, 0.3) is 10.9 Å². The first-order valence-electron chi connectivity index (χ1n) is 5.89. The molecule has 2 heterocycles. The number of rotatable bonds is 3. The van der Waals surface area contributed by atoms with Crippen LogP contribution in [0.1, 0.15) is 5.56 Å². The van der Waals surface area contributed by atoms with Crippen LogP contribution in [-0.2, 0) is 5.88 Å². The largest absolute Gasteiger partial charge is 0.437 e. The van der Waals surface area contributed by atoms with Crippen molar-refractivity contribution in [3.63, 3.8) is 0 Å². The van der Waals surface area contributed by atoms with Crippen LogP contribution in [-0.4, -0.2) is 9.97 Å². The van der Waals surface area contributed by atoms with Gasteiger partial charge in [0.15, 0.2) is 0 Å². The maximum absolute atomic E-state index is 5.96. The van der Waals surface area contributed by atoms with Crippen molar-refractivity contribution in [1.82, 2.24) is 9.97 Å². The van der Waals surface area contributed by atoms with Crippen LogP contribution < -0.4 is 4.74 Å². The highest BCUT2D eigenvalue weighted by molar-refractivity contribution is 6.17. The SMILES string of the molecule is ClCc1cc2ccccc2nc1Oc1cccnc1. The number of benzene rings is 1. The van der Waals surface area contributed by atoms with Gasteiger partial charge >= 0.3 is 0 Å². The topological polar surface area (TPSA) is 35.0 Å². The summed E-state index contributed by atoms with van der Waals surface area (Å²) in [6, 6.07) is 13.5. The molecule has 0 fully saturated rings. The second kappa shape index (κ2) is 5.24. The molecule has 0 saturated carbocycles. The highest BCUT2D eigenvalue weighted by atomic mass is 35.5. The zero-order chi connectivity index (χ0) is 13.1. The minimum Gasteiger partial charge on any atom is -0.437 e. The molecule has 0 unspecified atom stereocenters. The molecule has 0 spiro atoms. The molecule has 0 aliphatic carbocycles. The van der Waals surface area contributed by atoms with Crippen molar-refractivity contribution >= 4 is 22.5 Å². The maximum atomic E-state index is 5.96. The van der Waals surface area contributed by atoms with Crippen LogP contribution >= 0.6 is 11.6 Å². The van der Waals surface area contributed by atoms with Crippen LogP contribution in [0.2, 0.25) is 0 Å². The molecule has 0 amide bonds. The Bertz CT molecular complexity index is 701. The smallest absolute Gasteiger partial charge is 0.224 e. The van der Waals surface area contributed by atoms with Gasteiger partial charge in [-0.1, -0.05) is 18.2 Å². The molecular weight excluding hydrogens is 260 g/mol. The van der Waals surface area contributed by atoms with E-state index in [4.69, 9.17) is 16.3 Å². The van der Waals surface area contributed by atoms with Crippen LogP contribution in [0.3, 0.4) is 0 Å². The number of halogens is 1. The van der Waals surface area contributed by atoms with Gasteiger partial charge in [0.2, 0.25) is 5.88 Å². The van der Waals surface area contributed by atoms with Crippen LogP contribution in [0.4, 0.5) is 0 Å². The van der Waals surface area contributed by atoms with E-state index in [1.807, 2.05) is 42.5 Å². The minimum absolute atomic E-state index is 0.355. The average molecular weight is 271 g/mol. The van der Waals surface area contributed by atoms with Gasteiger partial charge in [-0.25, -0.2) is 4.98 Å². The van der Waals surface area contributed by atoms with E-state index in [0.717, 1.165) is 16.5 Å². The van der Waals surface area contributed by atoms with E-state index in [-0.39, 0.29) is 0 Å². The average Bonchev–Trinajstić information content (AvgIpc) is 2.47. The molecule has 0 atom stereocenters. The third-order valence-electron chi connectivity index (χ3n) is 2.76. The normalized spacial score (nSPS) is 10.6. The number of nitrogens with zero attached hydrogens (tertiary/aromatic N) is 2. The molecule has 3 rings (SSSR count). The number of hydrogen-bond donors (Lipinski definition) is 0. The molecule has 94 valence electrons. The summed E-state index contributed by atoms with van der Waals surface area (Å²) in [5, 5.41) is 1.05. The molecule has 0 aliphatic heterocycles. The first kappa shape index (κ1) is 11.9. The summed E-state index contributed by atoms with van der Waals surface area (Å²) in [5.74, 6) is 1.53. The van der Waals surface area contributed by atoms with Gasteiger partial charge in [-0.3, -0.25) is 4.98 Å². The second-order valence-electron chi connectivity index (χ2n) is 4.07. The van der Waals surface area contributed by atoms with Gasteiger partial charge in [-0.15, -0.1) is 11.6 Å². The Balaban J connectivity index is 2.06. The quantitative estimate of drug-likeness (QED) is 0.670. The second-order valence-corrected chi connectivity index (χ2v) is 4.34. The molecule has 1 aromatic carbocycles. The van der Waals surface area contributed by atoms with Crippen LogP contribution in [0, 0.1) is 0 Å². The summed E-state index contributed by atoms with van der Waals surface area (Å²) < 4.78 is 5.75. The summed E-state index contributed by atoms with van der Waals surface area (Å²) in [4.78, 5) is 8.52. The Morgan fingerprint density at radius 2 is 2.00 bits per heavy atom. The van der Waals surface area contributed by atoms with Crippen molar-refractivity contribution in [2.75, 3.05) is 0 Å². The van der Waals surface area contributed by atoms with Gasteiger partial charge in [0, 0.05) is 17.1 Å². The summed E-state index contributed by atoms with van der Waals surface area (Å²) in [6.07, 6.45) is 3.35. The third-order valence-corrected chi connectivity index (χ3v) is 3.04. The number of aromatic nitrogens is 2. The molecular formula is C15H11ClN2O. The molecule has 0 aliphatic rings. The zero-order valence-electron chi connectivity index (χ0n) is 10.1. The molecule has 19 heavy (non-hydrogen) atoms. The van der Waals surface area contributed by atoms with Crippen molar-refractivity contribution < 1.29 is 4.74 Å². The Morgan fingerprint density at radius 3 is 2.79 bits per heavy atom. The molecule has 3 nitrogen and oxygen atoms in total. The highest BCUT2D eigenvalue weighted by Gasteiger charge is 2.08. The minimum atomic E-state index is 0.355. The molecule has 0 saturated heterocycles. The Morgan fingerprint density at radius 1 is 1.11 bits per heavy atom. The summed E-state index contributed by atoms with van der Waals surface area (Å²) in [7, 11) is 0. The zero-order valence-corrected chi connectivity index (χ0v) is 10.8. The van der Waals surface area contributed by atoms with E-state index in [1.165, 1.54) is 0 Å². The van der Waals surface area contributed by atoms with Crippen LogP contribution in [0.5, 0.6) is 11.6 Å². The lowest BCUT2D eigenvalue weighted by Gasteiger charge is -2.09. The summed E-state index contributed by atoms with van der Waals surface area (Å²) in [5.41, 5.74) is 1.75. The van der Waals surface area contributed by atoms with E-state index in [1.54, 1.807) is 12.4 Å². The van der Waals surface area contributed by atoms with Gasteiger partial charge in [-0.2, -0.15) is 0 Å². The van der Waals surface area contributed by atoms with Crippen molar-refractivity contribution in [3.8, 4) is 11.6 Å². The number of pyridine rings is 2. The fourth-order valence-electron chi connectivity index (χ4n) is 1.85. The first-order chi connectivity index (χ1) is 9.36. The number of hydrogen-bond acceptors (Lipinski definition) is 3. The van der Waals surface area contributed by atoms with Crippen molar-refractivity contribution in [3.05, 3.63) is 60.4 Å². The monoisotopic (exact) mass is 270 g/mol. The number of ether oxygens (including phenoxy) is 1. The van der Waals surface area contributed by atoms with Gasteiger partial charge < -0.3 is 4.74 Å². The molecule has 0 radical (unpaired) electrons. The summed E-state index contributed by atoms with van der Waals surface area (Å²) in [6.45, 7) is 0. The standard InChI is InChI=1S/C15H11ClN2O/c16-9-12-8-11-4-1-2-6-14(11)18-15(12)19-13-5-3-7-17-10-13/h1-8,10H,9H2. The van der Waals surface area contributed by atoms with Crippen molar-refractivity contribution in [1.29, 1.82) is 0 Å². The Kier molecular flexibility index (Phi) is 3.29. The van der Waals surface area contributed by atoms with Gasteiger partial charge in [0.1, 0.15) is 5.75 Å². The van der Waals surface area contributed by atoms with Gasteiger partial charge in [0.05, 0.1) is 17.6 Å². The van der Waals surface area contributed by atoms with E-state index in [0.29, 0.717) is 17.5 Å². The lowest BCUT2D eigenvalue weighted by molar-refractivity contribution is 0.458.